The Morgan fingerprint density at radius 2 is 2.00 bits per heavy atom. The molecule has 12 heteroatoms. The standard InChI is InChI=1S/C21H23N5O5S2/c1-29-15-6-3-12(9-17(15)30-2)7-8-22-18(27)11-32-21-25-24-20(33-21)23-19(28)14-10-16(31-26-14)13-4-5-13/h3,6,9-10,13H,4-5,7-8,11H2,1-2H3,(H,22,27)(H,23,24,28). The number of hydrogen-bond donors (Lipinski definition) is 2. The van der Waals surface area contributed by atoms with Crippen molar-refractivity contribution in [3.05, 3.63) is 41.3 Å². The molecule has 0 saturated heterocycles. The molecule has 0 spiro atoms. The molecule has 0 bridgehead atoms. The monoisotopic (exact) mass is 489 g/mol. The van der Waals surface area contributed by atoms with Gasteiger partial charge in [-0.2, -0.15) is 0 Å². The smallest absolute Gasteiger partial charge is 0.279 e. The van der Waals surface area contributed by atoms with Crippen LogP contribution in [0.4, 0.5) is 5.13 Å². The van der Waals surface area contributed by atoms with Gasteiger partial charge in [-0.3, -0.25) is 14.9 Å². The molecule has 2 N–H and O–H groups in total. The van der Waals surface area contributed by atoms with Crippen LogP contribution in [0.3, 0.4) is 0 Å². The number of anilines is 1. The van der Waals surface area contributed by atoms with Crippen molar-refractivity contribution in [2.75, 3.05) is 31.8 Å². The molecule has 1 aliphatic carbocycles. The Bertz CT molecular complexity index is 1130. The van der Waals surface area contributed by atoms with Gasteiger partial charge in [0.05, 0.1) is 20.0 Å². The summed E-state index contributed by atoms with van der Waals surface area (Å²) in [5, 5.41) is 17.6. The first-order valence-corrected chi connectivity index (χ1v) is 12.1. The van der Waals surface area contributed by atoms with Crippen molar-refractivity contribution in [2.24, 2.45) is 0 Å². The van der Waals surface area contributed by atoms with Crippen molar-refractivity contribution < 1.29 is 23.6 Å². The average Bonchev–Trinajstić information content (AvgIpc) is 3.37. The van der Waals surface area contributed by atoms with Gasteiger partial charge in [-0.15, -0.1) is 10.2 Å². The van der Waals surface area contributed by atoms with E-state index in [0.29, 0.717) is 39.9 Å². The van der Waals surface area contributed by atoms with E-state index in [1.54, 1.807) is 20.3 Å². The molecule has 3 aromatic rings. The zero-order valence-electron chi connectivity index (χ0n) is 18.1. The number of nitrogens with zero attached hydrogens (tertiary/aromatic N) is 3. The molecule has 4 rings (SSSR count). The largest absolute Gasteiger partial charge is 0.493 e. The maximum atomic E-state index is 12.3. The van der Waals surface area contributed by atoms with Crippen LogP contribution < -0.4 is 20.1 Å². The lowest BCUT2D eigenvalue weighted by molar-refractivity contribution is -0.118. The predicted molar refractivity (Wildman–Crippen MR) is 123 cm³/mol. The number of rotatable bonds is 11. The highest BCUT2D eigenvalue weighted by atomic mass is 32.2. The van der Waals surface area contributed by atoms with Crippen LogP contribution in [0.5, 0.6) is 11.5 Å². The van der Waals surface area contributed by atoms with Crippen LogP contribution in [-0.2, 0) is 11.2 Å². The zero-order chi connectivity index (χ0) is 23.2. The lowest BCUT2D eigenvalue weighted by Crippen LogP contribution is -2.27. The average molecular weight is 490 g/mol. The van der Waals surface area contributed by atoms with Crippen LogP contribution in [0, 0.1) is 0 Å². The molecule has 0 radical (unpaired) electrons. The summed E-state index contributed by atoms with van der Waals surface area (Å²) >= 11 is 2.45. The second kappa shape index (κ2) is 10.7. The van der Waals surface area contributed by atoms with Crippen LogP contribution in [0.25, 0.3) is 0 Å². The third-order valence-corrected chi connectivity index (χ3v) is 6.85. The number of thioether (sulfide) groups is 1. The first-order chi connectivity index (χ1) is 16.1. The number of nitrogens with one attached hydrogen (secondary N) is 2. The molecule has 2 heterocycles. The van der Waals surface area contributed by atoms with Crippen molar-refractivity contribution in [1.29, 1.82) is 0 Å². The molecular weight excluding hydrogens is 466 g/mol. The van der Waals surface area contributed by atoms with Gasteiger partial charge in [0.2, 0.25) is 11.0 Å². The van der Waals surface area contributed by atoms with Gasteiger partial charge >= 0.3 is 0 Å². The molecule has 2 amide bonds. The Kier molecular flexibility index (Phi) is 7.45. The fourth-order valence-electron chi connectivity index (χ4n) is 3.00. The van der Waals surface area contributed by atoms with Gasteiger partial charge in [-0.25, -0.2) is 0 Å². The van der Waals surface area contributed by atoms with Crippen LogP contribution in [0.2, 0.25) is 0 Å². The fraction of sp³-hybridized carbons (Fsp3) is 0.381. The highest BCUT2D eigenvalue weighted by molar-refractivity contribution is 8.01. The minimum atomic E-state index is -0.397. The van der Waals surface area contributed by atoms with Gasteiger partial charge in [0.1, 0.15) is 5.76 Å². The van der Waals surface area contributed by atoms with E-state index in [2.05, 4.69) is 26.0 Å². The predicted octanol–water partition coefficient (Wildman–Crippen LogP) is 3.12. The lowest BCUT2D eigenvalue weighted by atomic mass is 10.1. The van der Waals surface area contributed by atoms with E-state index in [4.69, 9.17) is 14.0 Å². The second-order valence-corrected chi connectivity index (χ2v) is 9.49. The molecule has 33 heavy (non-hydrogen) atoms. The number of benzene rings is 1. The summed E-state index contributed by atoms with van der Waals surface area (Å²) in [5.74, 6) is 2.13. The minimum Gasteiger partial charge on any atom is -0.493 e. The summed E-state index contributed by atoms with van der Waals surface area (Å²) in [6.07, 6.45) is 2.80. The first-order valence-electron chi connectivity index (χ1n) is 10.3. The summed E-state index contributed by atoms with van der Waals surface area (Å²) in [6.45, 7) is 0.493. The molecule has 1 aromatic carbocycles. The maximum Gasteiger partial charge on any atom is 0.279 e. The van der Waals surface area contributed by atoms with E-state index < -0.39 is 5.91 Å². The minimum absolute atomic E-state index is 0.114. The molecule has 0 unspecified atom stereocenters. The van der Waals surface area contributed by atoms with Gasteiger partial charge < -0.3 is 19.3 Å². The van der Waals surface area contributed by atoms with Gasteiger partial charge in [-0.05, 0) is 37.0 Å². The highest BCUT2D eigenvalue weighted by Gasteiger charge is 2.29. The molecular formula is C21H23N5O5S2. The third-order valence-electron chi connectivity index (χ3n) is 4.88. The van der Waals surface area contributed by atoms with Crippen molar-refractivity contribution in [3.63, 3.8) is 0 Å². The van der Waals surface area contributed by atoms with E-state index in [0.717, 1.165) is 24.2 Å². The Hall–Kier alpha value is -3.12. The molecule has 1 aliphatic rings. The molecule has 174 valence electrons. The fourth-order valence-corrected chi connectivity index (χ4v) is 4.57. The van der Waals surface area contributed by atoms with Crippen molar-refractivity contribution in [3.8, 4) is 11.5 Å². The zero-order valence-corrected chi connectivity index (χ0v) is 19.8. The number of carbonyl (C=O) groups excluding carboxylic acids is 2. The number of hydrogen-bond acceptors (Lipinski definition) is 10. The van der Waals surface area contributed by atoms with Gasteiger partial charge in [0.25, 0.3) is 5.91 Å². The maximum absolute atomic E-state index is 12.3. The molecule has 0 atom stereocenters. The quantitative estimate of drug-likeness (QED) is 0.308. The number of aromatic nitrogens is 3. The van der Waals surface area contributed by atoms with Gasteiger partial charge in [0, 0.05) is 18.5 Å². The molecule has 2 aromatic heterocycles. The summed E-state index contributed by atoms with van der Waals surface area (Å²) < 4.78 is 16.3. The molecule has 1 fully saturated rings. The van der Waals surface area contributed by atoms with E-state index in [1.807, 2.05) is 18.2 Å². The van der Waals surface area contributed by atoms with Crippen molar-refractivity contribution in [1.82, 2.24) is 20.7 Å². The number of carbonyl (C=O) groups is 2. The van der Waals surface area contributed by atoms with Crippen LogP contribution in [0.15, 0.2) is 33.1 Å². The third kappa shape index (κ3) is 6.23. The summed E-state index contributed by atoms with van der Waals surface area (Å²) in [7, 11) is 3.18. The summed E-state index contributed by atoms with van der Waals surface area (Å²) in [5.41, 5.74) is 1.25. The Labute approximate surface area is 198 Å². The topological polar surface area (TPSA) is 128 Å². The summed E-state index contributed by atoms with van der Waals surface area (Å²) in [4.78, 5) is 24.4. The number of ether oxygens (including phenoxy) is 2. The molecule has 1 saturated carbocycles. The van der Waals surface area contributed by atoms with Gasteiger partial charge in [0.15, 0.2) is 21.5 Å². The number of amides is 2. The van der Waals surface area contributed by atoms with Crippen LogP contribution >= 0.6 is 23.1 Å². The SMILES string of the molecule is COc1ccc(CCNC(=O)CSc2nnc(NC(=O)c3cc(C4CC4)on3)s2)cc1OC. The van der Waals surface area contributed by atoms with Crippen molar-refractivity contribution in [2.45, 2.75) is 29.5 Å². The van der Waals surface area contributed by atoms with E-state index in [1.165, 1.54) is 23.1 Å². The van der Waals surface area contributed by atoms with Crippen molar-refractivity contribution >= 4 is 40.0 Å². The normalized spacial score (nSPS) is 12.9. The Morgan fingerprint density at radius 1 is 1.18 bits per heavy atom. The number of methoxy groups -OCH3 is 2. The first kappa shape index (κ1) is 23.1. The second-order valence-electron chi connectivity index (χ2n) is 7.29. The van der Waals surface area contributed by atoms with Gasteiger partial charge in [-0.1, -0.05) is 34.3 Å². The van der Waals surface area contributed by atoms with E-state index in [9.17, 15) is 9.59 Å². The van der Waals surface area contributed by atoms with Crippen LogP contribution in [-0.4, -0.2) is 53.7 Å². The molecule has 10 nitrogen and oxygen atoms in total. The Morgan fingerprint density at radius 3 is 2.76 bits per heavy atom. The van der Waals surface area contributed by atoms with E-state index in [-0.39, 0.29) is 17.4 Å². The Balaban J connectivity index is 1.18. The lowest BCUT2D eigenvalue weighted by Gasteiger charge is -2.10. The summed E-state index contributed by atoms with van der Waals surface area (Å²) in [6, 6.07) is 7.33. The highest BCUT2D eigenvalue weighted by Crippen LogP contribution is 2.40. The van der Waals surface area contributed by atoms with Crippen LogP contribution in [0.1, 0.15) is 40.6 Å². The molecule has 0 aliphatic heterocycles. The van der Waals surface area contributed by atoms with E-state index >= 15 is 0 Å².